The Bertz CT molecular complexity index is 507. The van der Waals surface area contributed by atoms with Crippen molar-refractivity contribution in [1.29, 1.82) is 0 Å². The first kappa shape index (κ1) is 18.8. The molecule has 1 fully saturated rings. The minimum Gasteiger partial charge on any atom is -0.494 e. The summed E-state index contributed by atoms with van der Waals surface area (Å²) in [6, 6.07) is 8.33. The first-order valence-electron chi connectivity index (χ1n) is 9.19. The lowest BCUT2D eigenvalue weighted by Crippen LogP contribution is -2.38. The van der Waals surface area contributed by atoms with Gasteiger partial charge >= 0.3 is 0 Å². The molecule has 2 atom stereocenters. The molecule has 1 aliphatic rings. The Labute approximate surface area is 146 Å². The van der Waals surface area contributed by atoms with E-state index in [0.717, 1.165) is 5.75 Å². The number of benzene rings is 1. The number of nitrogens with zero attached hydrogens (tertiary/aromatic N) is 1. The quantitative estimate of drug-likeness (QED) is 0.790. The molecule has 0 radical (unpaired) electrons. The van der Waals surface area contributed by atoms with Crippen molar-refractivity contribution in [3.05, 3.63) is 29.8 Å². The van der Waals surface area contributed by atoms with Gasteiger partial charge in [0.15, 0.2) is 0 Å². The van der Waals surface area contributed by atoms with E-state index in [-0.39, 0.29) is 17.9 Å². The average molecular weight is 332 g/mol. The summed E-state index contributed by atoms with van der Waals surface area (Å²) < 4.78 is 5.50. The van der Waals surface area contributed by atoms with Crippen molar-refractivity contribution in [1.82, 2.24) is 10.2 Å². The molecule has 1 amide bonds. The smallest absolute Gasteiger partial charge is 0.223 e. The Morgan fingerprint density at radius 3 is 2.42 bits per heavy atom. The van der Waals surface area contributed by atoms with E-state index in [1.165, 1.54) is 31.2 Å². The highest BCUT2D eigenvalue weighted by molar-refractivity contribution is 5.78. The number of carbonyl (C=O) groups is 1. The third-order valence-electron chi connectivity index (χ3n) is 5.19. The molecule has 0 bridgehead atoms. The first-order chi connectivity index (χ1) is 11.5. The average Bonchev–Trinajstić information content (AvgIpc) is 3.10. The van der Waals surface area contributed by atoms with Gasteiger partial charge in [0.25, 0.3) is 0 Å². The van der Waals surface area contributed by atoms with E-state index < -0.39 is 0 Å². The lowest BCUT2D eigenvalue weighted by molar-refractivity contribution is -0.126. The maximum atomic E-state index is 12.5. The molecular formula is C20H32N2O2. The highest BCUT2D eigenvalue weighted by atomic mass is 16.5. The van der Waals surface area contributed by atoms with Crippen LogP contribution in [0.5, 0.6) is 5.75 Å². The molecule has 1 N–H and O–H groups in total. The van der Waals surface area contributed by atoms with Crippen LogP contribution in [0.25, 0.3) is 0 Å². The van der Waals surface area contributed by atoms with Gasteiger partial charge in [-0.1, -0.05) is 31.9 Å². The highest BCUT2D eigenvalue weighted by Crippen LogP contribution is 2.31. The van der Waals surface area contributed by atoms with Crippen molar-refractivity contribution < 1.29 is 9.53 Å². The van der Waals surface area contributed by atoms with Crippen LogP contribution >= 0.6 is 0 Å². The topological polar surface area (TPSA) is 41.6 Å². The number of rotatable bonds is 8. The minimum absolute atomic E-state index is 0.121. The van der Waals surface area contributed by atoms with Crippen LogP contribution in [0.3, 0.4) is 0 Å². The molecule has 4 nitrogen and oxygen atoms in total. The van der Waals surface area contributed by atoms with Gasteiger partial charge in [0, 0.05) is 12.5 Å². The molecule has 0 spiro atoms. The third kappa shape index (κ3) is 4.97. The highest BCUT2D eigenvalue weighted by Gasteiger charge is 2.27. The lowest BCUT2D eigenvalue weighted by atomic mass is 9.92. The molecule has 1 aromatic carbocycles. The predicted octanol–water partition coefficient (Wildman–Crippen LogP) is 3.63. The van der Waals surface area contributed by atoms with E-state index in [4.69, 9.17) is 4.74 Å². The summed E-state index contributed by atoms with van der Waals surface area (Å²) in [4.78, 5) is 14.6. The molecule has 134 valence electrons. The number of carbonyl (C=O) groups excluding carboxylic acids is 1. The molecule has 4 heteroatoms. The van der Waals surface area contributed by atoms with Crippen LogP contribution < -0.4 is 10.1 Å². The van der Waals surface area contributed by atoms with Gasteiger partial charge in [-0.25, -0.2) is 0 Å². The van der Waals surface area contributed by atoms with Gasteiger partial charge in [-0.3, -0.25) is 4.79 Å². The number of ether oxygens (including phenoxy) is 1. The lowest BCUT2D eigenvalue weighted by Gasteiger charge is -2.27. The van der Waals surface area contributed by atoms with Crippen LogP contribution in [-0.2, 0) is 4.79 Å². The van der Waals surface area contributed by atoms with E-state index in [1.807, 2.05) is 33.2 Å². The Morgan fingerprint density at radius 1 is 1.25 bits per heavy atom. The third-order valence-corrected chi connectivity index (χ3v) is 5.19. The largest absolute Gasteiger partial charge is 0.494 e. The molecule has 1 saturated carbocycles. The Hall–Kier alpha value is -1.55. The van der Waals surface area contributed by atoms with Crippen molar-refractivity contribution in [2.24, 2.45) is 11.8 Å². The molecule has 24 heavy (non-hydrogen) atoms. The van der Waals surface area contributed by atoms with Gasteiger partial charge < -0.3 is 15.0 Å². The maximum Gasteiger partial charge on any atom is 0.223 e. The Balaban J connectivity index is 1.94. The summed E-state index contributed by atoms with van der Waals surface area (Å²) in [7, 11) is 4.10. The first-order valence-corrected chi connectivity index (χ1v) is 9.19. The number of nitrogens with one attached hydrogen (secondary N) is 1. The standard InChI is InChI=1S/C20H32N2O2/c1-5-24-18-12-10-17(11-13-18)19(22(3)4)14-21-20(23)15(2)16-8-6-7-9-16/h10-13,15-16,19H,5-9,14H2,1-4H3,(H,21,23). The van der Waals surface area contributed by atoms with Gasteiger partial charge in [0.1, 0.15) is 5.75 Å². The maximum absolute atomic E-state index is 12.5. The van der Waals surface area contributed by atoms with Crippen LogP contribution in [0.1, 0.15) is 51.1 Å². The summed E-state index contributed by atoms with van der Waals surface area (Å²) in [5.41, 5.74) is 1.19. The summed E-state index contributed by atoms with van der Waals surface area (Å²) in [5.74, 6) is 1.77. The molecule has 2 rings (SSSR count). The molecule has 0 saturated heterocycles. The fourth-order valence-electron chi connectivity index (χ4n) is 3.58. The SMILES string of the molecule is CCOc1ccc(C(CNC(=O)C(C)C2CCCC2)N(C)C)cc1. The predicted molar refractivity (Wildman–Crippen MR) is 98.2 cm³/mol. The fraction of sp³-hybridized carbons (Fsp3) is 0.650. The van der Waals surface area contributed by atoms with Crippen LogP contribution in [0, 0.1) is 11.8 Å². The van der Waals surface area contributed by atoms with Crippen molar-refractivity contribution in [3.63, 3.8) is 0 Å². The van der Waals surface area contributed by atoms with Crippen LogP contribution in [0.2, 0.25) is 0 Å². The second-order valence-corrected chi connectivity index (χ2v) is 7.06. The molecule has 0 aromatic heterocycles. The van der Waals surface area contributed by atoms with Crippen molar-refractivity contribution in [2.75, 3.05) is 27.2 Å². The minimum atomic E-state index is 0.121. The van der Waals surface area contributed by atoms with Crippen molar-refractivity contribution in [2.45, 2.75) is 45.6 Å². The molecular weight excluding hydrogens is 300 g/mol. The Morgan fingerprint density at radius 2 is 1.88 bits per heavy atom. The van der Waals surface area contributed by atoms with Gasteiger partial charge in [-0.2, -0.15) is 0 Å². The van der Waals surface area contributed by atoms with Crippen molar-refractivity contribution >= 4 is 5.91 Å². The van der Waals surface area contributed by atoms with E-state index in [0.29, 0.717) is 19.1 Å². The fourth-order valence-corrected chi connectivity index (χ4v) is 3.58. The molecule has 2 unspecified atom stereocenters. The molecule has 0 heterocycles. The second-order valence-electron chi connectivity index (χ2n) is 7.06. The van der Waals surface area contributed by atoms with Crippen LogP contribution in [0.15, 0.2) is 24.3 Å². The van der Waals surface area contributed by atoms with E-state index in [9.17, 15) is 4.79 Å². The summed E-state index contributed by atoms with van der Waals surface area (Å²) in [6.07, 6.45) is 4.94. The van der Waals surface area contributed by atoms with Gasteiger partial charge in [-0.05, 0) is 57.5 Å². The van der Waals surface area contributed by atoms with E-state index in [1.54, 1.807) is 0 Å². The molecule has 0 aliphatic heterocycles. The van der Waals surface area contributed by atoms with Gasteiger partial charge in [-0.15, -0.1) is 0 Å². The number of hydrogen-bond acceptors (Lipinski definition) is 3. The van der Waals surface area contributed by atoms with E-state index >= 15 is 0 Å². The van der Waals surface area contributed by atoms with Gasteiger partial charge in [0.2, 0.25) is 5.91 Å². The van der Waals surface area contributed by atoms with Crippen LogP contribution in [0.4, 0.5) is 0 Å². The van der Waals surface area contributed by atoms with Gasteiger partial charge in [0.05, 0.1) is 12.6 Å². The molecule has 1 aliphatic carbocycles. The Kier molecular flexibility index (Phi) is 7.10. The summed E-state index contributed by atoms with van der Waals surface area (Å²) in [6.45, 7) is 5.37. The number of amides is 1. The number of likely N-dealkylation sites (N-methyl/N-ethyl adjacent to an activating group) is 1. The monoisotopic (exact) mass is 332 g/mol. The zero-order valence-electron chi connectivity index (χ0n) is 15.5. The molecule has 1 aromatic rings. The van der Waals surface area contributed by atoms with Crippen molar-refractivity contribution in [3.8, 4) is 5.75 Å². The normalized spacial score (nSPS) is 17.7. The van der Waals surface area contributed by atoms with Crippen LogP contribution in [-0.4, -0.2) is 38.1 Å². The summed E-state index contributed by atoms with van der Waals surface area (Å²) >= 11 is 0. The zero-order valence-corrected chi connectivity index (χ0v) is 15.5. The second kappa shape index (κ2) is 9.07. The zero-order chi connectivity index (χ0) is 17.5. The van der Waals surface area contributed by atoms with E-state index in [2.05, 4.69) is 29.3 Å². The summed E-state index contributed by atoms with van der Waals surface area (Å²) in [5, 5.41) is 3.17. The number of hydrogen-bond donors (Lipinski definition) is 1.